The van der Waals surface area contributed by atoms with E-state index >= 15 is 0 Å². The van der Waals surface area contributed by atoms with E-state index in [0.29, 0.717) is 5.56 Å². The van der Waals surface area contributed by atoms with Crippen LogP contribution in [0.15, 0.2) is 64.5 Å². The highest BCUT2D eigenvalue weighted by molar-refractivity contribution is 7.19. The van der Waals surface area contributed by atoms with Gasteiger partial charge in [-0.3, -0.25) is 4.99 Å². The standard InChI is InChI=1S/C24H18F2N4OS/c1-2-21-28-19-12-16(8-10-20(19)32-21)17-11-18(27-13-17)9-5-14-3-6-15(7-4-14)23-29-30-24(31-23)22(25)26/h2-4,6-8,10-13,18,22H,1,5,9H2. The molecule has 2 aromatic carbocycles. The SMILES string of the molecule is C=Cc1nc2cc(C3=CC(CCc4ccc(-c5nnc(C(F)F)o5)cc4)N=C3)ccc2s1. The Bertz CT molecular complexity index is 1340. The molecular weight excluding hydrogens is 430 g/mol. The highest BCUT2D eigenvalue weighted by atomic mass is 32.1. The van der Waals surface area contributed by atoms with Crippen LogP contribution in [0, 0.1) is 0 Å². The third-order valence-electron chi connectivity index (χ3n) is 5.25. The van der Waals surface area contributed by atoms with Crippen LogP contribution in [-0.2, 0) is 6.42 Å². The van der Waals surface area contributed by atoms with Crippen LogP contribution < -0.4 is 0 Å². The molecule has 1 aliphatic rings. The van der Waals surface area contributed by atoms with Crippen LogP contribution in [0.3, 0.4) is 0 Å². The minimum atomic E-state index is -2.77. The van der Waals surface area contributed by atoms with Crippen molar-refractivity contribution in [1.82, 2.24) is 15.2 Å². The molecule has 2 aromatic heterocycles. The first kappa shape index (κ1) is 20.4. The van der Waals surface area contributed by atoms with Crippen molar-refractivity contribution in [3.8, 4) is 11.5 Å². The summed E-state index contributed by atoms with van der Waals surface area (Å²) in [5, 5.41) is 7.96. The molecule has 1 aliphatic heterocycles. The van der Waals surface area contributed by atoms with E-state index in [1.54, 1.807) is 29.5 Å². The lowest BCUT2D eigenvalue weighted by Crippen LogP contribution is -1.99. The molecule has 1 unspecified atom stereocenters. The number of aryl methyl sites for hydroxylation is 1. The van der Waals surface area contributed by atoms with Gasteiger partial charge in [-0.15, -0.1) is 21.5 Å². The maximum atomic E-state index is 12.6. The molecule has 5 nitrogen and oxygen atoms in total. The minimum Gasteiger partial charge on any atom is -0.415 e. The van der Waals surface area contributed by atoms with Gasteiger partial charge in [-0.1, -0.05) is 30.9 Å². The predicted octanol–water partition coefficient (Wildman–Crippen LogP) is 6.40. The van der Waals surface area contributed by atoms with E-state index in [0.717, 1.165) is 44.8 Å². The first-order valence-electron chi connectivity index (χ1n) is 10.1. The van der Waals surface area contributed by atoms with Crippen molar-refractivity contribution >= 4 is 39.4 Å². The average Bonchev–Trinajstić information content (AvgIpc) is 3.56. The quantitative estimate of drug-likeness (QED) is 0.328. The second kappa shape index (κ2) is 8.55. The lowest BCUT2D eigenvalue weighted by molar-refractivity contribution is 0.116. The molecule has 0 saturated heterocycles. The summed E-state index contributed by atoms with van der Waals surface area (Å²) < 4.78 is 31.4. The zero-order valence-electron chi connectivity index (χ0n) is 16.9. The summed E-state index contributed by atoms with van der Waals surface area (Å²) in [7, 11) is 0. The summed E-state index contributed by atoms with van der Waals surface area (Å²) in [5.41, 5.74) is 4.93. The Morgan fingerprint density at radius 2 is 1.91 bits per heavy atom. The molecule has 0 radical (unpaired) electrons. The summed E-state index contributed by atoms with van der Waals surface area (Å²) in [6, 6.07) is 13.9. The molecular formula is C24H18F2N4OS. The summed E-state index contributed by atoms with van der Waals surface area (Å²) >= 11 is 1.63. The topological polar surface area (TPSA) is 64.2 Å². The fourth-order valence-corrected chi connectivity index (χ4v) is 4.38. The van der Waals surface area contributed by atoms with Gasteiger partial charge in [-0.05, 0) is 59.9 Å². The molecule has 160 valence electrons. The number of thiazole rings is 1. The number of rotatable bonds is 7. The highest BCUT2D eigenvalue weighted by Crippen LogP contribution is 2.28. The number of alkyl halides is 2. The van der Waals surface area contributed by atoms with Gasteiger partial charge >= 0.3 is 6.43 Å². The number of allylic oxidation sites excluding steroid dienone is 1. The van der Waals surface area contributed by atoms with Gasteiger partial charge in [0.1, 0.15) is 5.01 Å². The number of aliphatic imine (C=N–C) groups is 1. The van der Waals surface area contributed by atoms with E-state index in [-0.39, 0.29) is 11.9 Å². The molecule has 0 bridgehead atoms. The van der Waals surface area contributed by atoms with Crippen LogP contribution in [0.25, 0.3) is 33.3 Å². The molecule has 4 aromatic rings. The normalized spacial score (nSPS) is 15.6. The van der Waals surface area contributed by atoms with Crippen molar-refractivity contribution in [3.63, 3.8) is 0 Å². The van der Waals surface area contributed by atoms with Crippen molar-refractivity contribution in [2.75, 3.05) is 0 Å². The molecule has 3 heterocycles. The van der Waals surface area contributed by atoms with Gasteiger partial charge in [-0.2, -0.15) is 8.78 Å². The molecule has 8 heteroatoms. The van der Waals surface area contributed by atoms with E-state index in [9.17, 15) is 8.78 Å². The van der Waals surface area contributed by atoms with Crippen molar-refractivity contribution < 1.29 is 13.2 Å². The van der Waals surface area contributed by atoms with Crippen molar-refractivity contribution in [1.29, 1.82) is 0 Å². The third-order valence-corrected chi connectivity index (χ3v) is 6.28. The number of hydrogen-bond acceptors (Lipinski definition) is 6. The van der Waals surface area contributed by atoms with Gasteiger partial charge in [0.25, 0.3) is 5.89 Å². The zero-order valence-corrected chi connectivity index (χ0v) is 17.7. The Balaban J connectivity index is 1.23. The Kier molecular flexibility index (Phi) is 5.45. The number of fused-ring (bicyclic) bond motifs is 1. The Labute approximate surface area is 186 Å². The molecule has 32 heavy (non-hydrogen) atoms. The number of nitrogens with zero attached hydrogens (tertiary/aromatic N) is 4. The van der Waals surface area contributed by atoms with E-state index in [2.05, 4.69) is 51.0 Å². The summed E-state index contributed by atoms with van der Waals surface area (Å²) in [6.07, 6.45) is 4.81. The number of benzene rings is 2. The first-order chi connectivity index (χ1) is 15.6. The molecule has 0 aliphatic carbocycles. The first-order valence-corrected chi connectivity index (χ1v) is 10.9. The van der Waals surface area contributed by atoms with E-state index in [1.807, 2.05) is 18.3 Å². The monoisotopic (exact) mass is 448 g/mol. The van der Waals surface area contributed by atoms with Crippen LogP contribution in [0.2, 0.25) is 0 Å². The fourth-order valence-electron chi connectivity index (χ4n) is 3.58. The van der Waals surface area contributed by atoms with Crippen LogP contribution in [0.4, 0.5) is 8.78 Å². The lowest BCUT2D eigenvalue weighted by atomic mass is 10.0. The Hall–Kier alpha value is -3.52. The maximum absolute atomic E-state index is 12.6. The van der Waals surface area contributed by atoms with Gasteiger partial charge in [0.05, 0.1) is 16.3 Å². The zero-order chi connectivity index (χ0) is 22.1. The van der Waals surface area contributed by atoms with Crippen LogP contribution in [0.1, 0.15) is 34.9 Å². The largest absolute Gasteiger partial charge is 0.415 e. The molecule has 0 N–H and O–H groups in total. The predicted molar refractivity (Wildman–Crippen MR) is 123 cm³/mol. The van der Waals surface area contributed by atoms with Gasteiger partial charge in [-0.25, -0.2) is 4.98 Å². The molecule has 1 atom stereocenters. The van der Waals surface area contributed by atoms with Crippen molar-refractivity contribution in [3.05, 3.63) is 77.1 Å². The smallest absolute Gasteiger partial charge is 0.314 e. The molecule has 0 spiro atoms. The summed E-state index contributed by atoms with van der Waals surface area (Å²) in [4.78, 5) is 9.21. The lowest BCUT2D eigenvalue weighted by Gasteiger charge is -2.05. The van der Waals surface area contributed by atoms with Gasteiger partial charge in [0.15, 0.2) is 0 Å². The molecule has 0 amide bonds. The minimum absolute atomic E-state index is 0.0945. The molecule has 5 rings (SSSR count). The third kappa shape index (κ3) is 4.13. The average molecular weight is 448 g/mol. The van der Waals surface area contributed by atoms with Crippen LogP contribution in [-0.4, -0.2) is 27.4 Å². The van der Waals surface area contributed by atoms with Crippen LogP contribution in [0.5, 0.6) is 0 Å². The Morgan fingerprint density at radius 1 is 1.09 bits per heavy atom. The fraction of sp³-hybridized carbons (Fsp3) is 0.167. The Morgan fingerprint density at radius 3 is 2.66 bits per heavy atom. The van der Waals surface area contributed by atoms with E-state index in [1.165, 1.54) is 0 Å². The van der Waals surface area contributed by atoms with Gasteiger partial charge in [0.2, 0.25) is 5.89 Å². The van der Waals surface area contributed by atoms with Crippen molar-refractivity contribution in [2.24, 2.45) is 4.99 Å². The number of halogens is 2. The second-order valence-corrected chi connectivity index (χ2v) is 8.45. The highest BCUT2D eigenvalue weighted by Gasteiger charge is 2.17. The molecule has 0 fully saturated rings. The van der Waals surface area contributed by atoms with E-state index in [4.69, 9.17) is 4.42 Å². The van der Waals surface area contributed by atoms with Gasteiger partial charge in [0, 0.05) is 11.8 Å². The van der Waals surface area contributed by atoms with Crippen molar-refractivity contribution in [2.45, 2.75) is 25.3 Å². The number of hydrogen-bond donors (Lipinski definition) is 0. The summed E-state index contributed by atoms with van der Waals surface area (Å²) in [5.74, 6) is -0.571. The second-order valence-electron chi connectivity index (χ2n) is 7.39. The van der Waals surface area contributed by atoms with Crippen LogP contribution >= 0.6 is 11.3 Å². The number of aromatic nitrogens is 3. The van der Waals surface area contributed by atoms with Gasteiger partial charge < -0.3 is 4.42 Å². The molecule has 0 saturated carbocycles. The summed E-state index contributed by atoms with van der Waals surface area (Å²) in [6.45, 7) is 3.79. The maximum Gasteiger partial charge on any atom is 0.314 e. The van der Waals surface area contributed by atoms with E-state index < -0.39 is 12.3 Å².